The average Bonchev–Trinajstić information content (AvgIpc) is 3.07. The van der Waals surface area contributed by atoms with Crippen molar-refractivity contribution in [1.29, 1.82) is 0 Å². The van der Waals surface area contributed by atoms with E-state index in [2.05, 4.69) is 4.98 Å². The van der Waals surface area contributed by atoms with Gasteiger partial charge in [-0.25, -0.2) is 4.98 Å². The molecule has 0 N–H and O–H groups in total. The molecule has 0 bridgehead atoms. The van der Waals surface area contributed by atoms with Crippen molar-refractivity contribution in [2.45, 2.75) is 6.04 Å². The summed E-state index contributed by atoms with van der Waals surface area (Å²) in [6.07, 6.45) is 4.92. The van der Waals surface area contributed by atoms with E-state index >= 15 is 0 Å². The Morgan fingerprint density at radius 2 is 2.12 bits per heavy atom. The molecule has 7 heteroatoms. The molecule has 1 amide bonds. The monoisotopic (exact) mass is 338 g/mol. The third kappa shape index (κ3) is 2.62. The molecule has 0 aromatic carbocycles. The van der Waals surface area contributed by atoms with Crippen LogP contribution < -0.4 is 5.56 Å². The molecule has 0 saturated carbocycles. The Labute approximate surface area is 144 Å². The van der Waals surface area contributed by atoms with Crippen molar-refractivity contribution in [2.24, 2.45) is 7.05 Å². The predicted octanol–water partition coefficient (Wildman–Crippen LogP) is 1.25. The second-order valence-electron chi connectivity index (χ2n) is 6.04. The van der Waals surface area contributed by atoms with Crippen LogP contribution in [0.3, 0.4) is 0 Å². The predicted molar refractivity (Wildman–Crippen MR) is 91.5 cm³/mol. The van der Waals surface area contributed by atoms with Crippen LogP contribution >= 0.6 is 0 Å². The average molecular weight is 338 g/mol. The van der Waals surface area contributed by atoms with Gasteiger partial charge in [0.1, 0.15) is 11.2 Å². The van der Waals surface area contributed by atoms with Gasteiger partial charge in [0, 0.05) is 37.9 Å². The highest BCUT2D eigenvalue weighted by molar-refractivity contribution is 5.94. The molecule has 0 aliphatic carbocycles. The van der Waals surface area contributed by atoms with Gasteiger partial charge in [-0.1, -0.05) is 6.07 Å². The minimum absolute atomic E-state index is 0.0739. The molecule has 3 aromatic heterocycles. The maximum absolute atomic E-state index is 13.1. The molecule has 25 heavy (non-hydrogen) atoms. The van der Waals surface area contributed by atoms with Crippen LogP contribution in [0, 0.1) is 0 Å². The van der Waals surface area contributed by atoms with Crippen LogP contribution in [0.2, 0.25) is 0 Å². The molecule has 0 spiro atoms. The summed E-state index contributed by atoms with van der Waals surface area (Å²) in [7, 11) is 1.93. The quantitative estimate of drug-likeness (QED) is 0.705. The van der Waals surface area contributed by atoms with Gasteiger partial charge in [0.25, 0.3) is 11.5 Å². The number of aryl methyl sites for hydroxylation is 1. The van der Waals surface area contributed by atoms with E-state index in [-0.39, 0.29) is 23.1 Å². The summed E-state index contributed by atoms with van der Waals surface area (Å²) in [5, 5.41) is 0. The number of hydrogen-bond acceptors (Lipinski definition) is 4. The van der Waals surface area contributed by atoms with Gasteiger partial charge in [0.15, 0.2) is 0 Å². The highest BCUT2D eigenvalue weighted by Gasteiger charge is 2.32. The number of pyridine rings is 1. The largest absolute Gasteiger partial charge is 0.377 e. The summed E-state index contributed by atoms with van der Waals surface area (Å²) in [6.45, 7) is 1.30. The maximum Gasteiger partial charge on any atom is 0.270 e. The lowest BCUT2D eigenvalue weighted by Crippen LogP contribution is -2.45. The van der Waals surface area contributed by atoms with Gasteiger partial charge >= 0.3 is 0 Å². The second-order valence-corrected chi connectivity index (χ2v) is 6.04. The van der Waals surface area contributed by atoms with E-state index in [0.29, 0.717) is 25.4 Å². The Kier molecular flexibility index (Phi) is 3.85. The van der Waals surface area contributed by atoms with Crippen molar-refractivity contribution in [1.82, 2.24) is 18.9 Å². The fourth-order valence-corrected chi connectivity index (χ4v) is 3.24. The fraction of sp³-hybridized carbons (Fsp3) is 0.278. The SMILES string of the molecule is Cn1cccc1C1COCCN1C(=O)c1cnc2ccccn2c1=O. The first-order valence-electron chi connectivity index (χ1n) is 8.13. The number of rotatable bonds is 2. The first-order chi connectivity index (χ1) is 12.2. The third-order valence-corrected chi connectivity index (χ3v) is 4.56. The van der Waals surface area contributed by atoms with E-state index in [1.807, 2.05) is 29.9 Å². The first-order valence-corrected chi connectivity index (χ1v) is 8.13. The number of amides is 1. The van der Waals surface area contributed by atoms with Crippen LogP contribution in [0.15, 0.2) is 53.7 Å². The summed E-state index contributed by atoms with van der Waals surface area (Å²) in [6, 6.07) is 8.95. The summed E-state index contributed by atoms with van der Waals surface area (Å²) in [5.74, 6) is -0.315. The van der Waals surface area contributed by atoms with Crippen molar-refractivity contribution in [3.63, 3.8) is 0 Å². The van der Waals surface area contributed by atoms with Gasteiger partial charge < -0.3 is 14.2 Å². The molecule has 1 unspecified atom stereocenters. The lowest BCUT2D eigenvalue weighted by molar-refractivity contribution is -0.00475. The lowest BCUT2D eigenvalue weighted by atomic mass is 10.1. The molecule has 1 fully saturated rings. The van der Waals surface area contributed by atoms with Crippen molar-refractivity contribution < 1.29 is 9.53 Å². The van der Waals surface area contributed by atoms with Gasteiger partial charge in [-0.05, 0) is 24.3 Å². The van der Waals surface area contributed by atoms with E-state index in [1.165, 1.54) is 10.6 Å². The van der Waals surface area contributed by atoms with Crippen molar-refractivity contribution in [3.8, 4) is 0 Å². The van der Waals surface area contributed by atoms with Gasteiger partial charge in [0.05, 0.1) is 19.3 Å². The molecule has 1 aliphatic rings. The number of hydrogen-bond donors (Lipinski definition) is 0. The molecular formula is C18H18N4O3. The standard InChI is InChI=1S/C18H18N4O3/c1-20-7-4-5-14(20)15-12-25-10-9-21(15)17(23)13-11-19-16-6-2-3-8-22(16)18(13)24/h2-8,11,15H,9-10,12H2,1H3. The second kappa shape index (κ2) is 6.18. The van der Waals surface area contributed by atoms with Crippen molar-refractivity contribution in [2.75, 3.05) is 19.8 Å². The van der Waals surface area contributed by atoms with Crippen molar-refractivity contribution >= 4 is 11.6 Å². The molecule has 4 rings (SSSR count). The van der Waals surface area contributed by atoms with Gasteiger partial charge in [-0.15, -0.1) is 0 Å². The Morgan fingerprint density at radius 1 is 1.24 bits per heavy atom. The number of ether oxygens (including phenoxy) is 1. The van der Waals surface area contributed by atoms with E-state index in [1.54, 1.807) is 29.3 Å². The zero-order valence-corrected chi connectivity index (χ0v) is 13.8. The first kappa shape index (κ1) is 15.6. The molecule has 1 aliphatic heterocycles. The summed E-state index contributed by atoms with van der Waals surface area (Å²) < 4.78 is 8.93. The number of aromatic nitrogens is 3. The van der Waals surface area contributed by atoms with Crippen LogP contribution in [0.5, 0.6) is 0 Å². The van der Waals surface area contributed by atoms with Crippen molar-refractivity contribution in [3.05, 3.63) is 70.5 Å². The lowest BCUT2D eigenvalue weighted by Gasteiger charge is -2.35. The molecule has 128 valence electrons. The topological polar surface area (TPSA) is 68.8 Å². The summed E-state index contributed by atoms with van der Waals surface area (Å²) in [5.41, 5.74) is 1.21. The number of morpholine rings is 1. The van der Waals surface area contributed by atoms with E-state index in [0.717, 1.165) is 5.69 Å². The number of fused-ring (bicyclic) bond motifs is 1. The zero-order chi connectivity index (χ0) is 17.4. The summed E-state index contributed by atoms with van der Waals surface area (Å²) >= 11 is 0. The summed E-state index contributed by atoms with van der Waals surface area (Å²) in [4.78, 5) is 31.7. The molecule has 1 saturated heterocycles. The van der Waals surface area contributed by atoms with Gasteiger partial charge in [0.2, 0.25) is 0 Å². The van der Waals surface area contributed by atoms with Crippen LogP contribution in [0.1, 0.15) is 22.1 Å². The fourth-order valence-electron chi connectivity index (χ4n) is 3.24. The van der Waals surface area contributed by atoms with Crippen LogP contribution in [-0.2, 0) is 11.8 Å². The Bertz CT molecular complexity index is 991. The van der Waals surface area contributed by atoms with Crippen LogP contribution in [0.4, 0.5) is 0 Å². The molecule has 1 atom stereocenters. The smallest absolute Gasteiger partial charge is 0.270 e. The van der Waals surface area contributed by atoms with Crippen LogP contribution in [-0.4, -0.2) is 44.5 Å². The zero-order valence-electron chi connectivity index (χ0n) is 13.8. The van der Waals surface area contributed by atoms with Gasteiger partial charge in [-0.3, -0.25) is 14.0 Å². The molecule has 7 nitrogen and oxygen atoms in total. The molecule has 0 radical (unpaired) electrons. The molecular weight excluding hydrogens is 320 g/mol. The third-order valence-electron chi connectivity index (χ3n) is 4.56. The maximum atomic E-state index is 13.1. The van der Waals surface area contributed by atoms with E-state index < -0.39 is 0 Å². The normalized spacial score (nSPS) is 17.8. The Balaban J connectivity index is 1.75. The minimum atomic E-state index is -0.354. The highest BCUT2D eigenvalue weighted by Crippen LogP contribution is 2.25. The van der Waals surface area contributed by atoms with E-state index in [9.17, 15) is 9.59 Å². The van der Waals surface area contributed by atoms with Gasteiger partial charge in [-0.2, -0.15) is 0 Å². The van der Waals surface area contributed by atoms with E-state index in [4.69, 9.17) is 4.74 Å². The Morgan fingerprint density at radius 3 is 2.92 bits per heavy atom. The highest BCUT2D eigenvalue weighted by atomic mass is 16.5. The Hall–Kier alpha value is -2.93. The minimum Gasteiger partial charge on any atom is -0.377 e. The number of carbonyl (C=O) groups excluding carboxylic acids is 1. The van der Waals surface area contributed by atoms with Crippen LogP contribution in [0.25, 0.3) is 5.65 Å². The number of carbonyl (C=O) groups is 1. The molecule has 4 heterocycles. The number of nitrogens with zero attached hydrogens (tertiary/aromatic N) is 4. The molecule has 3 aromatic rings.